The number of carbonyl (C=O) groups is 2. The fraction of sp³-hybridized carbons (Fsp3) is 0.357. The fourth-order valence-electron chi connectivity index (χ4n) is 4.50. The molecule has 1 saturated heterocycles. The molecule has 1 aliphatic heterocycles. The summed E-state index contributed by atoms with van der Waals surface area (Å²) in [5, 5.41) is 21.0. The summed E-state index contributed by atoms with van der Waals surface area (Å²) in [4.78, 5) is 27.5. The number of allylic oxidation sites excluding steroid dienone is 2. The van der Waals surface area contributed by atoms with E-state index < -0.39 is 58.2 Å². The third-order valence-electron chi connectivity index (χ3n) is 6.60. The molecule has 198 valence electrons. The lowest BCUT2D eigenvalue weighted by Crippen LogP contribution is -2.46. The van der Waals surface area contributed by atoms with Crippen molar-refractivity contribution in [2.24, 2.45) is 11.8 Å². The van der Waals surface area contributed by atoms with Crippen LogP contribution in [0.4, 0.5) is 0 Å². The van der Waals surface area contributed by atoms with Crippen LogP contribution < -0.4 is 0 Å². The molecule has 0 bridgehead atoms. The maximum Gasteiger partial charge on any atom is 0.332 e. The Kier molecular flexibility index (Phi) is 9.07. The van der Waals surface area contributed by atoms with Crippen LogP contribution in [0.2, 0.25) is 0 Å². The normalized spacial score (nSPS) is 22.8. The number of rotatable bonds is 8. The van der Waals surface area contributed by atoms with Gasteiger partial charge in [0.25, 0.3) is 0 Å². The van der Waals surface area contributed by atoms with Gasteiger partial charge in [0.2, 0.25) is 11.8 Å². The molecule has 0 spiro atoms. The number of aliphatic hydroxyl groups is 2. The topological polar surface area (TPSA) is 115 Å². The molecule has 2 aromatic rings. The van der Waals surface area contributed by atoms with Crippen LogP contribution in [0, 0.1) is 11.8 Å². The summed E-state index contributed by atoms with van der Waals surface area (Å²) < 4.78 is 29.7. The van der Waals surface area contributed by atoms with E-state index in [9.17, 15) is 28.2 Å². The Morgan fingerprint density at radius 1 is 0.730 bits per heavy atom. The molecule has 0 unspecified atom stereocenters. The van der Waals surface area contributed by atoms with Gasteiger partial charge in [0.1, 0.15) is 12.1 Å². The van der Waals surface area contributed by atoms with E-state index in [0.717, 1.165) is 8.61 Å². The van der Waals surface area contributed by atoms with Crippen molar-refractivity contribution in [1.29, 1.82) is 0 Å². The number of benzene rings is 2. The number of hydrogen-bond donors (Lipinski definition) is 2. The van der Waals surface area contributed by atoms with Crippen molar-refractivity contribution >= 4 is 22.0 Å². The third-order valence-corrected chi connectivity index (χ3v) is 8.41. The van der Waals surface area contributed by atoms with E-state index in [4.69, 9.17) is 0 Å². The van der Waals surface area contributed by atoms with Crippen LogP contribution in [0.3, 0.4) is 0 Å². The summed E-state index contributed by atoms with van der Waals surface area (Å²) in [5.74, 6) is -3.88. The molecule has 0 saturated carbocycles. The van der Waals surface area contributed by atoms with Crippen molar-refractivity contribution in [1.82, 2.24) is 8.61 Å². The SMILES string of the molecule is C/C=C/[C@@H](O)[C@H](C)C(=O)N1[C@@H](c2ccccc2)[C@H](c2ccccc2)N(C(=O)[C@@H](C)[C@H](O)/C=C/C)S1(=O)=O. The molecule has 1 fully saturated rings. The zero-order chi connectivity index (χ0) is 27.3. The summed E-state index contributed by atoms with van der Waals surface area (Å²) in [6, 6.07) is 15.1. The zero-order valence-corrected chi connectivity index (χ0v) is 22.2. The molecule has 0 aliphatic carbocycles. The van der Waals surface area contributed by atoms with Crippen molar-refractivity contribution in [3.63, 3.8) is 0 Å². The second-order valence-electron chi connectivity index (χ2n) is 9.10. The highest BCUT2D eigenvalue weighted by molar-refractivity contribution is 7.88. The Morgan fingerprint density at radius 3 is 1.35 bits per heavy atom. The molecule has 9 heteroatoms. The smallest absolute Gasteiger partial charge is 0.332 e. The van der Waals surface area contributed by atoms with Gasteiger partial charge in [-0.1, -0.05) is 98.8 Å². The van der Waals surface area contributed by atoms with Crippen molar-refractivity contribution < 1.29 is 28.2 Å². The average molecular weight is 527 g/mol. The predicted octanol–water partition coefficient (Wildman–Crippen LogP) is 3.53. The first kappa shape index (κ1) is 28.3. The molecule has 2 N–H and O–H groups in total. The largest absolute Gasteiger partial charge is 0.388 e. The molecule has 0 aromatic heterocycles. The van der Waals surface area contributed by atoms with Crippen LogP contribution in [-0.4, -0.2) is 51.3 Å². The van der Waals surface area contributed by atoms with E-state index in [0.29, 0.717) is 11.1 Å². The number of carbonyl (C=O) groups excluding carboxylic acids is 2. The van der Waals surface area contributed by atoms with Gasteiger partial charge in [0.15, 0.2) is 0 Å². The number of hydrogen-bond acceptors (Lipinski definition) is 6. The lowest BCUT2D eigenvalue weighted by atomic mass is 9.91. The Balaban J connectivity index is 2.28. The van der Waals surface area contributed by atoms with E-state index in [1.807, 2.05) is 0 Å². The van der Waals surface area contributed by atoms with E-state index in [2.05, 4.69) is 0 Å². The van der Waals surface area contributed by atoms with Crippen LogP contribution in [0.5, 0.6) is 0 Å². The minimum absolute atomic E-state index is 0.512. The van der Waals surface area contributed by atoms with Crippen LogP contribution in [0.25, 0.3) is 0 Å². The molecular weight excluding hydrogens is 492 g/mol. The third kappa shape index (κ3) is 5.53. The number of amides is 2. The van der Waals surface area contributed by atoms with Crippen molar-refractivity contribution in [2.45, 2.75) is 52.0 Å². The number of nitrogens with zero attached hydrogens (tertiary/aromatic N) is 2. The van der Waals surface area contributed by atoms with Gasteiger partial charge in [0, 0.05) is 0 Å². The van der Waals surface area contributed by atoms with E-state index in [1.54, 1.807) is 86.7 Å². The second-order valence-corrected chi connectivity index (χ2v) is 10.8. The minimum Gasteiger partial charge on any atom is -0.388 e. The average Bonchev–Trinajstić information content (AvgIpc) is 3.15. The molecule has 8 nitrogen and oxygen atoms in total. The van der Waals surface area contributed by atoms with Crippen molar-refractivity contribution in [2.75, 3.05) is 0 Å². The first-order chi connectivity index (χ1) is 17.6. The molecular formula is C28H34N2O6S. The Hall–Kier alpha value is -3.27. The van der Waals surface area contributed by atoms with Gasteiger partial charge < -0.3 is 10.2 Å². The molecule has 0 radical (unpaired) electrons. The summed E-state index contributed by atoms with van der Waals surface area (Å²) in [5.41, 5.74) is 1.02. The van der Waals surface area contributed by atoms with Crippen molar-refractivity contribution in [3.8, 4) is 0 Å². The van der Waals surface area contributed by atoms with Gasteiger partial charge in [-0.2, -0.15) is 8.42 Å². The Bertz CT molecular complexity index is 1150. The monoisotopic (exact) mass is 526 g/mol. The standard InChI is InChI=1S/C28H34N2O6S/c1-5-13-23(31)19(3)27(33)29-25(21-15-9-7-10-16-21)26(22-17-11-8-12-18-22)30(37(29,35)36)28(34)20(4)24(32)14-6-2/h5-20,23-26,31-32H,1-4H3/b13-5+,14-6+/t19-,20-,23+,24+,25-,26-/m0/s1. The molecule has 6 atom stereocenters. The predicted molar refractivity (Wildman–Crippen MR) is 141 cm³/mol. The van der Waals surface area contributed by atoms with Gasteiger partial charge in [-0.15, -0.1) is 0 Å². The van der Waals surface area contributed by atoms with Crippen LogP contribution in [0.15, 0.2) is 85.0 Å². The molecule has 3 rings (SSSR count). The van der Waals surface area contributed by atoms with Gasteiger partial charge in [-0.05, 0) is 25.0 Å². The molecule has 1 heterocycles. The fourth-order valence-corrected chi connectivity index (χ4v) is 6.52. The van der Waals surface area contributed by atoms with Crippen LogP contribution in [0.1, 0.15) is 50.9 Å². The van der Waals surface area contributed by atoms with Gasteiger partial charge >= 0.3 is 10.2 Å². The molecule has 2 amide bonds. The summed E-state index contributed by atoms with van der Waals surface area (Å²) in [7, 11) is -4.71. The maximum atomic E-state index is 14.1. The summed E-state index contributed by atoms with van der Waals surface area (Å²) >= 11 is 0. The summed E-state index contributed by atoms with van der Waals surface area (Å²) in [6.45, 7) is 6.27. The van der Waals surface area contributed by atoms with Gasteiger partial charge in [-0.3, -0.25) is 9.59 Å². The van der Waals surface area contributed by atoms with Gasteiger partial charge in [0.05, 0.1) is 24.0 Å². The first-order valence-corrected chi connectivity index (χ1v) is 13.6. The minimum atomic E-state index is -4.71. The highest BCUT2D eigenvalue weighted by atomic mass is 32.2. The van der Waals surface area contributed by atoms with Gasteiger partial charge in [-0.25, -0.2) is 8.61 Å². The molecule has 1 aliphatic rings. The zero-order valence-electron chi connectivity index (χ0n) is 21.4. The Labute approximate surface area is 218 Å². The maximum absolute atomic E-state index is 14.1. The molecule has 37 heavy (non-hydrogen) atoms. The quantitative estimate of drug-likeness (QED) is 0.509. The van der Waals surface area contributed by atoms with Crippen molar-refractivity contribution in [3.05, 3.63) is 96.1 Å². The number of aliphatic hydroxyl groups excluding tert-OH is 2. The molecule has 2 aromatic carbocycles. The van der Waals surface area contributed by atoms with Crippen LogP contribution >= 0.6 is 0 Å². The lowest BCUT2D eigenvalue weighted by molar-refractivity contribution is -0.136. The Morgan fingerprint density at radius 2 is 1.05 bits per heavy atom. The lowest BCUT2D eigenvalue weighted by Gasteiger charge is -2.28. The first-order valence-electron chi connectivity index (χ1n) is 12.2. The van der Waals surface area contributed by atoms with Crippen LogP contribution in [-0.2, 0) is 19.8 Å². The van der Waals surface area contributed by atoms with E-state index >= 15 is 0 Å². The second kappa shape index (κ2) is 11.9. The van der Waals surface area contributed by atoms with E-state index in [-0.39, 0.29) is 0 Å². The van der Waals surface area contributed by atoms with E-state index in [1.165, 1.54) is 26.0 Å². The highest BCUT2D eigenvalue weighted by Crippen LogP contribution is 2.49. The summed E-state index contributed by atoms with van der Waals surface area (Å²) in [6.07, 6.45) is 3.54. The highest BCUT2D eigenvalue weighted by Gasteiger charge is 2.58.